The molecule has 1 saturated heterocycles. The Morgan fingerprint density at radius 2 is 1.83 bits per heavy atom. The molecule has 0 aliphatic carbocycles. The fraction of sp³-hybridized carbons (Fsp3) is 0.304. The third kappa shape index (κ3) is 4.72. The number of benzene rings is 2. The predicted molar refractivity (Wildman–Crippen MR) is 111 cm³/mol. The van der Waals surface area contributed by atoms with Gasteiger partial charge < -0.3 is 15.0 Å². The highest BCUT2D eigenvalue weighted by molar-refractivity contribution is 5.94. The van der Waals surface area contributed by atoms with Gasteiger partial charge in [-0.05, 0) is 42.8 Å². The van der Waals surface area contributed by atoms with E-state index in [1.54, 1.807) is 6.20 Å². The minimum atomic E-state index is -0.0600. The van der Waals surface area contributed by atoms with E-state index in [-0.39, 0.29) is 11.9 Å². The molecule has 0 bridgehead atoms. The van der Waals surface area contributed by atoms with Crippen LogP contribution in [0.15, 0.2) is 66.9 Å². The third-order valence-electron chi connectivity index (χ3n) is 5.41. The molecule has 1 amide bonds. The molecule has 6 nitrogen and oxygen atoms in total. The van der Waals surface area contributed by atoms with Crippen LogP contribution in [0.2, 0.25) is 0 Å². The van der Waals surface area contributed by atoms with Gasteiger partial charge in [0, 0.05) is 17.5 Å². The maximum Gasteiger partial charge on any atom is 0.251 e. The summed E-state index contributed by atoms with van der Waals surface area (Å²) in [6, 6.07) is 19.7. The molecular formula is C23H27N4O2+. The van der Waals surface area contributed by atoms with Gasteiger partial charge in [-0.3, -0.25) is 4.79 Å². The maximum atomic E-state index is 13.0. The molecule has 0 spiro atoms. The molecule has 6 heteroatoms. The highest BCUT2D eigenvalue weighted by atomic mass is 16.5. The number of hydrogen-bond donors (Lipinski definition) is 2. The number of amides is 1. The summed E-state index contributed by atoms with van der Waals surface area (Å²) in [5.74, 6) is -0.0600. The summed E-state index contributed by atoms with van der Waals surface area (Å²) in [6.45, 7) is 6.35. The van der Waals surface area contributed by atoms with Gasteiger partial charge in [0.15, 0.2) is 0 Å². The molecule has 3 aromatic rings. The van der Waals surface area contributed by atoms with Crippen molar-refractivity contribution in [2.45, 2.75) is 13.0 Å². The van der Waals surface area contributed by atoms with Crippen LogP contribution in [0.25, 0.3) is 5.69 Å². The van der Waals surface area contributed by atoms with Crippen molar-refractivity contribution in [3.63, 3.8) is 0 Å². The molecule has 2 aromatic carbocycles. The van der Waals surface area contributed by atoms with Crippen LogP contribution >= 0.6 is 0 Å². The Hall–Kier alpha value is -2.96. The summed E-state index contributed by atoms with van der Waals surface area (Å²) < 4.78 is 7.33. The van der Waals surface area contributed by atoms with Crippen molar-refractivity contribution >= 4 is 5.91 Å². The number of carbonyl (C=O) groups is 1. The van der Waals surface area contributed by atoms with Gasteiger partial charge in [-0.25, -0.2) is 4.68 Å². The first-order valence-corrected chi connectivity index (χ1v) is 10.1. The fourth-order valence-electron chi connectivity index (χ4n) is 3.73. The first-order chi connectivity index (χ1) is 14.2. The predicted octanol–water partition coefficient (Wildman–Crippen LogP) is 1.57. The van der Waals surface area contributed by atoms with Gasteiger partial charge in [-0.1, -0.05) is 30.3 Å². The van der Waals surface area contributed by atoms with Crippen molar-refractivity contribution in [2.24, 2.45) is 0 Å². The smallest absolute Gasteiger partial charge is 0.251 e. The molecule has 1 atom stereocenters. The maximum absolute atomic E-state index is 13.0. The van der Waals surface area contributed by atoms with E-state index in [1.807, 2.05) is 60.1 Å². The van der Waals surface area contributed by atoms with Gasteiger partial charge in [0.1, 0.15) is 25.7 Å². The third-order valence-corrected chi connectivity index (χ3v) is 5.41. The molecule has 1 aromatic heterocycles. The summed E-state index contributed by atoms with van der Waals surface area (Å²) in [7, 11) is 0. The zero-order valence-corrected chi connectivity index (χ0v) is 16.7. The van der Waals surface area contributed by atoms with E-state index in [1.165, 1.54) is 4.90 Å². The lowest BCUT2D eigenvalue weighted by Gasteiger charge is -2.28. The van der Waals surface area contributed by atoms with E-state index in [2.05, 4.69) is 22.5 Å². The summed E-state index contributed by atoms with van der Waals surface area (Å²) in [5.41, 5.74) is 3.78. The van der Waals surface area contributed by atoms with Gasteiger partial charge in [0.2, 0.25) is 0 Å². The monoisotopic (exact) mass is 391 g/mol. The van der Waals surface area contributed by atoms with Crippen LogP contribution in [0.1, 0.15) is 27.7 Å². The molecule has 1 aliphatic heterocycles. The number of hydrogen-bond acceptors (Lipinski definition) is 3. The van der Waals surface area contributed by atoms with Crippen LogP contribution in [0, 0.1) is 6.92 Å². The lowest BCUT2D eigenvalue weighted by atomic mass is 10.1. The van der Waals surface area contributed by atoms with E-state index < -0.39 is 0 Å². The minimum absolute atomic E-state index is 0.0372. The number of aromatic nitrogens is 2. The van der Waals surface area contributed by atoms with E-state index in [0.717, 1.165) is 49.8 Å². The number of carbonyl (C=O) groups excluding carboxylic acids is 1. The van der Waals surface area contributed by atoms with Crippen molar-refractivity contribution in [2.75, 3.05) is 32.8 Å². The van der Waals surface area contributed by atoms with Crippen molar-refractivity contribution in [1.29, 1.82) is 0 Å². The van der Waals surface area contributed by atoms with Crippen molar-refractivity contribution in [1.82, 2.24) is 15.1 Å². The van der Waals surface area contributed by atoms with Crippen LogP contribution in [0.5, 0.6) is 0 Å². The standard InChI is InChI=1S/C23H26N4O2/c1-18-11-12-24-27(18)21-9-7-20(8-10-21)23(28)25-22(19-5-3-2-4-6-19)17-26-13-15-29-16-14-26/h2-12,22H,13-17H2,1H3,(H,25,28)/p+1/t22-/m0/s1. The van der Waals surface area contributed by atoms with E-state index in [0.29, 0.717) is 5.56 Å². The quantitative estimate of drug-likeness (QED) is 0.671. The largest absolute Gasteiger partial charge is 0.370 e. The normalized spacial score (nSPS) is 15.8. The molecule has 1 fully saturated rings. The summed E-state index contributed by atoms with van der Waals surface area (Å²) in [4.78, 5) is 14.4. The molecule has 0 saturated carbocycles. The van der Waals surface area contributed by atoms with Crippen molar-refractivity contribution < 1.29 is 14.4 Å². The Labute approximate surface area is 171 Å². The molecule has 0 radical (unpaired) electrons. The van der Waals surface area contributed by atoms with E-state index in [4.69, 9.17) is 4.74 Å². The van der Waals surface area contributed by atoms with Crippen molar-refractivity contribution in [3.8, 4) is 5.69 Å². The zero-order chi connectivity index (χ0) is 20.1. The Bertz CT molecular complexity index is 931. The second kappa shape index (κ2) is 9.03. The average Bonchev–Trinajstić information content (AvgIpc) is 3.20. The lowest BCUT2D eigenvalue weighted by Crippen LogP contribution is -3.14. The lowest BCUT2D eigenvalue weighted by molar-refractivity contribution is -0.909. The summed E-state index contributed by atoms with van der Waals surface area (Å²) >= 11 is 0. The van der Waals surface area contributed by atoms with E-state index >= 15 is 0 Å². The second-order valence-corrected chi connectivity index (χ2v) is 7.43. The topological polar surface area (TPSA) is 60.6 Å². The molecule has 2 N–H and O–H groups in total. The fourth-order valence-corrected chi connectivity index (χ4v) is 3.73. The summed E-state index contributed by atoms with van der Waals surface area (Å²) in [5, 5.41) is 7.56. The van der Waals surface area contributed by atoms with Crippen LogP contribution in [0.3, 0.4) is 0 Å². The highest BCUT2D eigenvalue weighted by Crippen LogP contribution is 2.14. The Balaban J connectivity index is 1.49. The van der Waals surface area contributed by atoms with Crippen LogP contribution in [-0.2, 0) is 4.74 Å². The van der Waals surface area contributed by atoms with Gasteiger partial charge in [-0.2, -0.15) is 5.10 Å². The van der Waals surface area contributed by atoms with Gasteiger partial charge >= 0.3 is 0 Å². The van der Waals surface area contributed by atoms with Crippen LogP contribution in [0.4, 0.5) is 0 Å². The summed E-state index contributed by atoms with van der Waals surface area (Å²) in [6.07, 6.45) is 1.77. The Morgan fingerprint density at radius 1 is 1.10 bits per heavy atom. The zero-order valence-electron chi connectivity index (χ0n) is 16.7. The average molecular weight is 391 g/mol. The van der Waals surface area contributed by atoms with E-state index in [9.17, 15) is 4.79 Å². The van der Waals surface area contributed by atoms with Gasteiger partial charge in [0.25, 0.3) is 5.91 Å². The number of rotatable bonds is 6. The molecule has 29 heavy (non-hydrogen) atoms. The Morgan fingerprint density at radius 3 is 2.48 bits per heavy atom. The number of nitrogens with one attached hydrogen (secondary N) is 2. The molecule has 150 valence electrons. The molecule has 0 unspecified atom stereocenters. The SMILES string of the molecule is Cc1ccnn1-c1ccc(C(=O)N[C@@H](C[NH+]2CCOCC2)c2ccccc2)cc1. The number of quaternary nitrogens is 1. The number of morpholine rings is 1. The Kier molecular flexibility index (Phi) is 6.03. The minimum Gasteiger partial charge on any atom is -0.370 e. The molecule has 4 rings (SSSR count). The number of nitrogens with zero attached hydrogens (tertiary/aromatic N) is 2. The van der Waals surface area contributed by atoms with Crippen molar-refractivity contribution in [3.05, 3.63) is 83.7 Å². The molecule has 2 heterocycles. The first-order valence-electron chi connectivity index (χ1n) is 10.1. The first kappa shape index (κ1) is 19.4. The highest BCUT2D eigenvalue weighted by Gasteiger charge is 2.23. The number of aryl methyl sites for hydroxylation is 1. The second-order valence-electron chi connectivity index (χ2n) is 7.43. The molecule has 1 aliphatic rings. The van der Waals surface area contributed by atoms with Gasteiger partial charge in [0.05, 0.1) is 18.9 Å². The van der Waals surface area contributed by atoms with Crippen LogP contribution < -0.4 is 10.2 Å². The van der Waals surface area contributed by atoms with Crippen LogP contribution in [-0.4, -0.2) is 48.5 Å². The molecular weight excluding hydrogens is 364 g/mol. The number of ether oxygens (including phenoxy) is 1. The van der Waals surface area contributed by atoms with Gasteiger partial charge in [-0.15, -0.1) is 0 Å².